The number of hydrogen-bond donors (Lipinski definition) is 0. The Bertz CT molecular complexity index is 175. The van der Waals surface area contributed by atoms with E-state index in [1.165, 1.54) is 12.8 Å². The van der Waals surface area contributed by atoms with Crippen molar-refractivity contribution in [2.24, 2.45) is 17.3 Å². The van der Waals surface area contributed by atoms with E-state index in [0.29, 0.717) is 23.0 Å². The normalized spacial score (nSPS) is 41.1. The van der Waals surface area contributed by atoms with Gasteiger partial charge in [-0.2, -0.15) is 0 Å². The Morgan fingerprint density at radius 1 is 1.18 bits per heavy atom. The highest BCUT2D eigenvalue weighted by Gasteiger charge is 2.47. The van der Waals surface area contributed by atoms with Crippen molar-refractivity contribution in [1.82, 2.24) is 0 Å². The molecule has 0 saturated heterocycles. The van der Waals surface area contributed by atoms with Crippen molar-refractivity contribution < 1.29 is 4.79 Å². The van der Waals surface area contributed by atoms with Crippen LogP contribution in [0.4, 0.5) is 0 Å². The average Bonchev–Trinajstić information content (AvgIpc) is 2.19. The Kier molecular flexibility index (Phi) is 1.39. The van der Waals surface area contributed by atoms with Gasteiger partial charge in [0.1, 0.15) is 5.78 Å². The van der Waals surface area contributed by atoms with Crippen molar-refractivity contribution in [1.29, 1.82) is 0 Å². The summed E-state index contributed by atoms with van der Waals surface area (Å²) in [5.41, 5.74) is 0.466. The molecule has 1 heteroatoms. The van der Waals surface area contributed by atoms with Crippen LogP contribution >= 0.6 is 0 Å². The number of ketones is 1. The predicted molar refractivity (Wildman–Crippen MR) is 44.2 cm³/mol. The number of carbonyl (C=O) groups is 1. The van der Waals surface area contributed by atoms with E-state index in [4.69, 9.17) is 0 Å². The standard InChI is InChI=1S/C10H16O/c1-10(2)7-3-4-8(10)6-9(11)5-7/h7-8H,3-6H2,1-2H3. The molecular weight excluding hydrogens is 136 g/mol. The lowest BCUT2D eigenvalue weighted by Crippen LogP contribution is -2.33. The zero-order valence-corrected chi connectivity index (χ0v) is 7.39. The molecule has 2 fully saturated rings. The maximum atomic E-state index is 11.2. The van der Waals surface area contributed by atoms with Gasteiger partial charge in [-0.15, -0.1) is 0 Å². The van der Waals surface area contributed by atoms with Crippen molar-refractivity contribution in [3.8, 4) is 0 Å². The van der Waals surface area contributed by atoms with Gasteiger partial charge >= 0.3 is 0 Å². The van der Waals surface area contributed by atoms with E-state index in [0.717, 1.165) is 12.8 Å². The zero-order chi connectivity index (χ0) is 8.06. The lowest BCUT2D eigenvalue weighted by Gasteiger charge is -2.36. The van der Waals surface area contributed by atoms with E-state index in [-0.39, 0.29) is 0 Å². The van der Waals surface area contributed by atoms with Gasteiger partial charge in [-0.3, -0.25) is 4.79 Å². The van der Waals surface area contributed by atoms with Gasteiger partial charge in [0.2, 0.25) is 0 Å². The molecule has 2 unspecified atom stereocenters. The van der Waals surface area contributed by atoms with E-state index in [1.54, 1.807) is 0 Å². The van der Waals surface area contributed by atoms with Crippen LogP contribution in [0.15, 0.2) is 0 Å². The number of Topliss-reactive ketones (excluding diaryl/α,β-unsaturated/α-hetero) is 1. The predicted octanol–water partition coefficient (Wildman–Crippen LogP) is 2.40. The average molecular weight is 152 g/mol. The van der Waals surface area contributed by atoms with Crippen LogP contribution in [0.1, 0.15) is 39.5 Å². The summed E-state index contributed by atoms with van der Waals surface area (Å²) in [6.07, 6.45) is 4.32. The summed E-state index contributed by atoms with van der Waals surface area (Å²) in [5.74, 6) is 1.92. The number of hydrogen-bond acceptors (Lipinski definition) is 1. The molecule has 2 bridgehead atoms. The first-order valence-corrected chi connectivity index (χ1v) is 4.62. The minimum absolute atomic E-state index is 0.466. The van der Waals surface area contributed by atoms with Gasteiger partial charge < -0.3 is 0 Å². The maximum absolute atomic E-state index is 11.2. The third kappa shape index (κ3) is 0.935. The summed E-state index contributed by atoms with van der Waals surface area (Å²) >= 11 is 0. The smallest absolute Gasteiger partial charge is 0.133 e. The number of carbonyl (C=O) groups excluding carboxylic acids is 1. The second-order valence-electron chi connectivity index (χ2n) is 4.74. The molecule has 0 amide bonds. The fourth-order valence-electron chi connectivity index (χ4n) is 2.84. The van der Waals surface area contributed by atoms with E-state index < -0.39 is 0 Å². The van der Waals surface area contributed by atoms with Gasteiger partial charge in [-0.05, 0) is 30.1 Å². The molecule has 0 heterocycles. The molecule has 2 aliphatic rings. The van der Waals surface area contributed by atoms with Crippen molar-refractivity contribution >= 4 is 5.78 Å². The van der Waals surface area contributed by atoms with Gasteiger partial charge in [0.15, 0.2) is 0 Å². The van der Waals surface area contributed by atoms with Gasteiger partial charge in [0.05, 0.1) is 0 Å². The highest BCUT2D eigenvalue weighted by Crippen LogP contribution is 2.53. The number of fused-ring (bicyclic) bond motifs is 2. The lowest BCUT2D eigenvalue weighted by atomic mass is 9.67. The van der Waals surface area contributed by atoms with Crippen LogP contribution < -0.4 is 0 Å². The fraction of sp³-hybridized carbons (Fsp3) is 0.900. The van der Waals surface area contributed by atoms with E-state index >= 15 is 0 Å². The highest BCUT2D eigenvalue weighted by atomic mass is 16.1. The third-order valence-electron chi connectivity index (χ3n) is 3.92. The Morgan fingerprint density at radius 2 is 1.64 bits per heavy atom. The van der Waals surface area contributed by atoms with Crippen LogP contribution in [-0.2, 0) is 4.79 Å². The van der Waals surface area contributed by atoms with Crippen LogP contribution in [0.25, 0.3) is 0 Å². The lowest BCUT2D eigenvalue weighted by molar-refractivity contribution is -0.125. The van der Waals surface area contributed by atoms with Gasteiger partial charge in [-0.25, -0.2) is 0 Å². The van der Waals surface area contributed by atoms with Gasteiger partial charge in [0, 0.05) is 12.8 Å². The van der Waals surface area contributed by atoms with Crippen molar-refractivity contribution in [2.45, 2.75) is 39.5 Å². The molecule has 0 aromatic carbocycles. The molecule has 11 heavy (non-hydrogen) atoms. The summed E-state index contributed by atoms with van der Waals surface area (Å²) in [4.78, 5) is 11.2. The fourth-order valence-corrected chi connectivity index (χ4v) is 2.84. The second kappa shape index (κ2) is 2.09. The molecule has 1 nitrogen and oxygen atoms in total. The Morgan fingerprint density at radius 3 is 2.09 bits per heavy atom. The van der Waals surface area contributed by atoms with Crippen molar-refractivity contribution in [3.63, 3.8) is 0 Å². The maximum Gasteiger partial charge on any atom is 0.133 e. The molecule has 0 aliphatic heterocycles. The van der Waals surface area contributed by atoms with Gasteiger partial charge in [-0.1, -0.05) is 13.8 Å². The molecule has 0 aromatic heterocycles. The minimum atomic E-state index is 0.466. The van der Waals surface area contributed by atoms with E-state index in [9.17, 15) is 4.79 Å². The minimum Gasteiger partial charge on any atom is -0.300 e. The van der Waals surface area contributed by atoms with E-state index in [2.05, 4.69) is 13.8 Å². The first kappa shape index (κ1) is 7.33. The Labute approximate surface area is 68.2 Å². The first-order chi connectivity index (χ1) is 5.10. The molecule has 0 aromatic rings. The third-order valence-corrected chi connectivity index (χ3v) is 3.92. The first-order valence-electron chi connectivity index (χ1n) is 4.62. The molecule has 2 rings (SSSR count). The quantitative estimate of drug-likeness (QED) is 0.521. The molecule has 0 N–H and O–H groups in total. The zero-order valence-electron chi connectivity index (χ0n) is 7.39. The molecule has 2 atom stereocenters. The second-order valence-corrected chi connectivity index (χ2v) is 4.74. The summed E-state index contributed by atoms with van der Waals surface area (Å²) in [5, 5.41) is 0. The molecular formula is C10H16O. The summed E-state index contributed by atoms with van der Waals surface area (Å²) in [7, 11) is 0. The monoisotopic (exact) mass is 152 g/mol. The molecule has 0 radical (unpaired) electrons. The van der Waals surface area contributed by atoms with Crippen LogP contribution in [0, 0.1) is 17.3 Å². The molecule has 2 saturated carbocycles. The topological polar surface area (TPSA) is 17.1 Å². The van der Waals surface area contributed by atoms with Crippen LogP contribution in [0.2, 0.25) is 0 Å². The molecule has 62 valence electrons. The SMILES string of the molecule is CC1(C)C2CCC1CC(=O)C2. The highest BCUT2D eigenvalue weighted by molar-refractivity contribution is 5.80. The summed E-state index contributed by atoms with van der Waals surface area (Å²) in [6, 6.07) is 0. The Balaban J connectivity index is 2.25. The van der Waals surface area contributed by atoms with Crippen LogP contribution in [0.5, 0.6) is 0 Å². The summed E-state index contributed by atoms with van der Waals surface area (Å²) < 4.78 is 0. The van der Waals surface area contributed by atoms with Crippen molar-refractivity contribution in [3.05, 3.63) is 0 Å². The van der Waals surface area contributed by atoms with E-state index in [1.807, 2.05) is 0 Å². The van der Waals surface area contributed by atoms with Crippen molar-refractivity contribution in [2.75, 3.05) is 0 Å². The molecule has 0 spiro atoms. The van der Waals surface area contributed by atoms with Crippen LogP contribution in [0.3, 0.4) is 0 Å². The molecule has 2 aliphatic carbocycles. The number of rotatable bonds is 0. The van der Waals surface area contributed by atoms with Crippen LogP contribution in [-0.4, -0.2) is 5.78 Å². The largest absolute Gasteiger partial charge is 0.300 e. The summed E-state index contributed by atoms with van der Waals surface area (Å²) in [6.45, 7) is 4.67. The van der Waals surface area contributed by atoms with Gasteiger partial charge in [0.25, 0.3) is 0 Å². The Hall–Kier alpha value is -0.330.